The molecule has 1 amide bonds. The maximum absolute atomic E-state index is 12.6. The molecule has 0 spiro atoms. The molecular formula is C21H24N4OS. The van der Waals surface area contributed by atoms with Crippen LogP contribution in [0.5, 0.6) is 0 Å². The Balaban J connectivity index is 1.71. The minimum Gasteiger partial charge on any atom is -0.354 e. The number of hydrogen-bond acceptors (Lipinski definition) is 3. The van der Waals surface area contributed by atoms with E-state index in [2.05, 4.69) is 41.5 Å². The van der Waals surface area contributed by atoms with Crippen LogP contribution in [0.3, 0.4) is 0 Å². The van der Waals surface area contributed by atoms with Crippen LogP contribution in [0.25, 0.3) is 11.4 Å². The van der Waals surface area contributed by atoms with Crippen molar-refractivity contribution in [2.75, 3.05) is 6.54 Å². The van der Waals surface area contributed by atoms with Gasteiger partial charge in [-0.1, -0.05) is 74.0 Å². The van der Waals surface area contributed by atoms with Crippen LogP contribution in [0.15, 0.2) is 54.6 Å². The molecule has 5 nitrogen and oxygen atoms in total. The van der Waals surface area contributed by atoms with Crippen LogP contribution in [-0.2, 0) is 16.8 Å². The number of aryl methyl sites for hydroxylation is 1. The average molecular weight is 381 g/mol. The van der Waals surface area contributed by atoms with Crippen molar-refractivity contribution in [3.63, 3.8) is 0 Å². The van der Waals surface area contributed by atoms with E-state index in [1.807, 2.05) is 49.4 Å². The minimum absolute atomic E-state index is 0.0927. The number of amides is 1. The summed E-state index contributed by atoms with van der Waals surface area (Å²) in [5, 5.41) is 10.1. The third kappa shape index (κ3) is 4.52. The molecule has 0 aliphatic carbocycles. The summed E-state index contributed by atoms with van der Waals surface area (Å²) in [6, 6.07) is 18.2. The first kappa shape index (κ1) is 19.0. The maximum atomic E-state index is 12.6. The molecular weight excluding hydrogens is 356 g/mol. The van der Waals surface area contributed by atoms with Gasteiger partial charge >= 0.3 is 0 Å². The molecule has 0 aliphatic rings. The van der Waals surface area contributed by atoms with Crippen molar-refractivity contribution in [1.82, 2.24) is 20.1 Å². The maximum Gasteiger partial charge on any atom is 0.240 e. The lowest BCUT2D eigenvalue weighted by Crippen LogP contribution is -2.38. The lowest BCUT2D eigenvalue weighted by molar-refractivity contribution is -0.121. The first-order chi connectivity index (χ1) is 12.9. The van der Waals surface area contributed by atoms with Gasteiger partial charge in [-0.05, 0) is 24.7 Å². The van der Waals surface area contributed by atoms with Crippen LogP contribution in [0.4, 0.5) is 0 Å². The van der Waals surface area contributed by atoms with Crippen molar-refractivity contribution < 1.29 is 4.79 Å². The Morgan fingerprint density at radius 3 is 2.48 bits per heavy atom. The molecule has 0 radical (unpaired) electrons. The van der Waals surface area contributed by atoms with Crippen LogP contribution in [0, 0.1) is 11.7 Å². The fourth-order valence-corrected chi connectivity index (χ4v) is 3.09. The first-order valence-corrected chi connectivity index (χ1v) is 9.32. The molecule has 2 aromatic carbocycles. The largest absolute Gasteiger partial charge is 0.354 e. The summed E-state index contributed by atoms with van der Waals surface area (Å²) in [5.74, 6) is 0.572. The van der Waals surface area contributed by atoms with Gasteiger partial charge in [0.1, 0.15) is 6.54 Å². The lowest BCUT2D eigenvalue weighted by atomic mass is 9.84. The van der Waals surface area contributed by atoms with E-state index in [0.717, 1.165) is 5.56 Å². The molecule has 0 aliphatic heterocycles. The van der Waals surface area contributed by atoms with Crippen LogP contribution >= 0.6 is 12.2 Å². The summed E-state index contributed by atoms with van der Waals surface area (Å²) in [4.78, 5) is 12.6. The molecule has 3 aromatic rings. The number of aromatic amines is 1. The zero-order valence-corrected chi connectivity index (χ0v) is 16.6. The van der Waals surface area contributed by atoms with Gasteiger partial charge < -0.3 is 5.32 Å². The van der Waals surface area contributed by atoms with E-state index in [1.165, 1.54) is 11.1 Å². The molecule has 27 heavy (non-hydrogen) atoms. The Hall–Kier alpha value is -2.73. The topological polar surface area (TPSA) is 62.7 Å². The van der Waals surface area contributed by atoms with Gasteiger partial charge in [0, 0.05) is 17.5 Å². The molecule has 0 bridgehead atoms. The zero-order valence-electron chi connectivity index (χ0n) is 15.8. The van der Waals surface area contributed by atoms with Gasteiger partial charge in [0.2, 0.25) is 5.91 Å². The van der Waals surface area contributed by atoms with Crippen molar-refractivity contribution in [2.24, 2.45) is 0 Å². The van der Waals surface area contributed by atoms with E-state index < -0.39 is 0 Å². The molecule has 1 heterocycles. The van der Waals surface area contributed by atoms with Crippen molar-refractivity contribution in [1.29, 1.82) is 0 Å². The number of nitrogens with zero attached hydrogens (tertiary/aromatic N) is 2. The number of carbonyl (C=O) groups is 1. The zero-order chi connectivity index (χ0) is 19.4. The van der Waals surface area contributed by atoms with E-state index in [0.29, 0.717) is 17.1 Å². The standard InChI is InChI=1S/C21H24N4OS/c1-15-9-11-16(12-10-15)19-23-24-20(27)25(19)13-18(26)22-14-21(2,3)17-7-5-4-6-8-17/h4-12H,13-14H2,1-3H3,(H,22,26)(H,24,27). The van der Waals surface area contributed by atoms with Crippen LogP contribution < -0.4 is 5.32 Å². The quantitative estimate of drug-likeness (QED) is 0.635. The highest BCUT2D eigenvalue weighted by Gasteiger charge is 2.21. The summed E-state index contributed by atoms with van der Waals surface area (Å²) in [5.41, 5.74) is 3.12. The predicted molar refractivity (Wildman–Crippen MR) is 110 cm³/mol. The van der Waals surface area contributed by atoms with Gasteiger partial charge in [-0.3, -0.25) is 14.5 Å². The van der Waals surface area contributed by atoms with Gasteiger partial charge in [-0.2, -0.15) is 5.10 Å². The molecule has 0 fully saturated rings. The summed E-state index contributed by atoms with van der Waals surface area (Å²) in [6.07, 6.45) is 0. The summed E-state index contributed by atoms with van der Waals surface area (Å²) in [7, 11) is 0. The van der Waals surface area contributed by atoms with Crippen molar-refractivity contribution in [2.45, 2.75) is 32.7 Å². The lowest BCUT2D eigenvalue weighted by Gasteiger charge is -2.25. The van der Waals surface area contributed by atoms with Crippen molar-refractivity contribution >= 4 is 18.1 Å². The molecule has 140 valence electrons. The predicted octanol–water partition coefficient (Wildman–Crippen LogP) is 4.01. The van der Waals surface area contributed by atoms with E-state index in [1.54, 1.807) is 4.57 Å². The molecule has 0 saturated carbocycles. The van der Waals surface area contributed by atoms with Crippen LogP contribution in [0.1, 0.15) is 25.0 Å². The van der Waals surface area contributed by atoms with E-state index in [-0.39, 0.29) is 17.9 Å². The highest BCUT2D eigenvalue weighted by Crippen LogP contribution is 2.22. The Kier molecular flexibility index (Phi) is 5.56. The van der Waals surface area contributed by atoms with Gasteiger partial charge in [-0.25, -0.2) is 0 Å². The minimum atomic E-state index is -0.158. The number of rotatable bonds is 6. The second-order valence-electron chi connectivity index (χ2n) is 7.33. The number of nitrogens with one attached hydrogen (secondary N) is 2. The summed E-state index contributed by atoms with van der Waals surface area (Å²) < 4.78 is 2.16. The average Bonchev–Trinajstić information content (AvgIpc) is 3.02. The Bertz CT molecular complexity index is 971. The van der Waals surface area contributed by atoms with Gasteiger partial charge in [0.05, 0.1) is 0 Å². The Morgan fingerprint density at radius 2 is 1.81 bits per heavy atom. The highest BCUT2D eigenvalue weighted by atomic mass is 32.1. The van der Waals surface area contributed by atoms with E-state index >= 15 is 0 Å². The van der Waals surface area contributed by atoms with Gasteiger partial charge in [0.15, 0.2) is 10.6 Å². The van der Waals surface area contributed by atoms with Crippen molar-refractivity contribution in [3.05, 3.63) is 70.5 Å². The fraction of sp³-hybridized carbons (Fsp3) is 0.286. The van der Waals surface area contributed by atoms with Gasteiger partial charge in [-0.15, -0.1) is 0 Å². The van der Waals surface area contributed by atoms with Crippen LogP contribution in [0.2, 0.25) is 0 Å². The molecule has 2 N–H and O–H groups in total. The highest BCUT2D eigenvalue weighted by molar-refractivity contribution is 7.71. The molecule has 0 saturated heterocycles. The smallest absolute Gasteiger partial charge is 0.240 e. The summed E-state index contributed by atoms with van der Waals surface area (Å²) in [6.45, 7) is 6.93. The van der Waals surface area contributed by atoms with Crippen molar-refractivity contribution in [3.8, 4) is 11.4 Å². The monoisotopic (exact) mass is 380 g/mol. The molecule has 6 heteroatoms. The number of aromatic nitrogens is 3. The summed E-state index contributed by atoms with van der Waals surface area (Å²) >= 11 is 5.32. The van der Waals surface area contributed by atoms with E-state index in [4.69, 9.17) is 12.2 Å². The second-order valence-corrected chi connectivity index (χ2v) is 7.72. The Morgan fingerprint density at radius 1 is 1.15 bits per heavy atom. The number of benzene rings is 2. The molecule has 0 atom stereocenters. The third-order valence-electron chi connectivity index (χ3n) is 4.65. The number of H-pyrrole nitrogens is 1. The molecule has 0 unspecified atom stereocenters. The van der Waals surface area contributed by atoms with E-state index in [9.17, 15) is 4.79 Å². The third-order valence-corrected chi connectivity index (χ3v) is 4.96. The SMILES string of the molecule is Cc1ccc(-c2n[nH]c(=S)n2CC(=O)NCC(C)(C)c2ccccc2)cc1. The molecule has 3 rings (SSSR count). The molecule has 1 aromatic heterocycles. The number of hydrogen-bond donors (Lipinski definition) is 2. The number of carbonyl (C=O) groups excluding carboxylic acids is 1. The Labute approximate surface area is 164 Å². The first-order valence-electron chi connectivity index (χ1n) is 8.91. The fourth-order valence-electron chi connectivity index (χ4n) is 2.90. The second kappa shape index (κ2) is 7.88. The normalized spacial score (nSPS) is 11.4. The van der Waals surface area contributed by atoms with Crippen LogP contribution in [-0.4, -0.2) is 27.2 Å². The van der Waals surface area contributed by atoms with Gasteiger partial charge in [0.25, 0.3) is 0 Å².